The Kier molecular flexibility index (Phi) is 3.75. The van der Waals surface area contributed by atoms with Gasteiger partial charge in [-0.25, -0.2) is 9.37 Å². The summed E-state index contributed by atoms with van der Waals surface area (Å²) in [6.07, 6.45) is 2.21. The van der Waals surface area contributed by atoms with Crippen LogP contribution in [0.15, 0.2) is 42.6 Å². The van der Waals surface area contributed by atoms with Crippen molar-refractivity contribution in [1.82, 2.24) is 9.38 Å². The van der Waals surface area contributed by atoms with Crippen molar-refractivity contribution < 1.29 is 9.13 Å². The first kappa shape index (κ1) is 14.1. The molecular weight excluding hydrogens is 281 g/mol. The molecule has 0 N–H and O–H groups in total. The number of nitriles is 1. The summed E-state index contributed by atoms with van der Waals surface area (Å²) in [6.45, 7) is 2.71. The zero-order chi connectivity index (χ0) is 15.5. The van der Waals surface area contributed by atoms with Crippen LogP contribution in [0.25, 0.3) is 16.9 Å². The highest BCUT2D eigenvalue weighted by Gasteiger charge is 2.14. The second-order valence-corrected chi connectivity index (χ2v) is 4.87. The summed E-state index contributed by atoms with van der Waals surface area (Å²) in [4.78, 5) is 4.42. The highest BCUT2D eigenvalue weighted by Crippen LogP contribution is 2.26. The van der Waals surface area contributed by atoms with Gasteiger partial charge in [0, 0.05) is 11.8 Å². The van der Waals surface area contributed by atoms with Gasteiger partial charge in [0.1, 0.15) is 29.0 Å². The van der Waals surface area contributed by atoms with Crippen molar-refractivity contribution in [2.24, 2.45) is 0 Å². The molecule has 0 amide bonds. The lowest BCUT2D eigenvalue weighted by atomic mass is 10.1. The zero-order valence-corrected chi connectivity index (χ0v) is 12.1. The van der Waals surface area contributed by atoms with E-state index in [2.05, 4.69) is 11.1 Å². The van der Waals surface area contributed by atoms with Crippen LogP contribution in [0.1, 0.15) is 19.0 Å². The molecule has 0 spiro atoms. The maximum atomic E-state index is 13.4. The number of imidazole rings is 1. The Morgan fingerprint density at radius 2 is 2.00 bits per heavy atom. The molecule has 2 heterocycles. The third kappa shape index (κ3) is 2.51. The number of aromatic nitrogens is 2. The topological polar surface area (TPSA) is 50.3 Å². The van der Waals surface area contributed by atoms with Gasteiger partial charge in [0.2, 0.25) is 0 Å². The summed E-state index contributed by atoms with van der Waals surface area (Å²) in [5.74, 6) is 0.371. The summed E-state index contributed by atoms with van der Waals surface area (Å²) >= 11 is 0. The number of rotatable bonds is 4. The molecule has 0 saturated heterocycles. The summed E-state index contributed by atoms with van der Waals surface area (Å²) in [7, 11) is 0. The van der Waals surface area contributed by atoms with Crippen LogP contribution in [0.3, 0.4) is 0 Å². The number of hydrogen-bond donors (Lipinski definition) is 0. The molecule has 2 aromatic heterocycles. The van der Waals surface area contributed by atoms with Crippen molar-refractivity contribution >= 4 is 5.65 Å². The second-order valence-electron chi connectivity index (χ2n) is 4.87. The van der Waals surface area contributed by atoms with Crippen LogP contribution in [0.4, 0.5) is 4.39 Å². The first-order valence-corrected chi connectivity index (χ1v) is 7.04. The van der Waals surface area contributed by atoms with Crippen LogP contribution in [0.2, 0.25) is 0 Å². The molecule has 1 aromatic carbocycles. The van der Waals surface area contributed by atoms with Crippen molar-refractivity contribution in [3.63, 3.8) is 0 Å². The summed E-state index contributed by atoms with van der Waals surface area (Å²) in [5, 5.41) is 9.37. The number of fused-ring (bicyclic) bond motifs is 1. The Balaban J connectivity index is 2.04. The Hall–Kier alpha value is -2.87. The maximum absolute atomic E-state index is 13.4. The standard InChI is InChI=1S/C17H14FN3O/c1-2-9-22-14-6-3-12(4-7-14)17-15(10-19)21-11-13(18)5-8-16(21)20-17/h3-8,11H,2,9H2,1H3. The fourth-order valence-electron chi connectivity index (χ4n) is 2.26. The smallest absolute Gasteiger partial charge is 0.152 e. The van der Waals surface area contributed by atoms with E-state index < -0.39 is 5.82 Å². The van der Waals surface area contributed by atoms with E-state index in [0.29, 0.717) is 23.6 Å². The van der Waals surface area contributed by atoms with Crippen LogP contribution >= 0.6 is 0 Å². The fourth-order valence-corrected chi connectivity index (χ4v) is 2.26. The minimum Gasteiger partial charge on any atom is -0.494 e. The lowest BCUT2D eigenvalue weighted by Crippen LogP contribution is -1.94. The molecule has 3 aromatic rings. The molecule has 0 radical (unpaired) electrons. The predicted molar refractivity (Wildman–Crippen MR) is 81.1 cm³/mol. The predicted octanol–water partition coefficient (Wildman–Crippen LogP) is 3.80. The minimum absolute atomic E-state index is 0.316. The molecule has 0 aliphatic carbocycles. The Labute approximate surface area is 127 Å². The maximum Gasteiger partial charge on any atom is 0.152 e. The van der Waals surface area contributed by atoms with Crippen LogP contribution in [0.5, 0.6) is 5.75 Å². The number of benzene rings is 1. The zero-order valence-electron chi connectivity index (χ0n) is 12.1. The first-order chi connectivity index (χ1) is 10.7. The van der Waals surface area contributed by atoms with E-state index in [1.54, 1.807) is 6.07 Å². The van der Waals surface area contributed by atoms with Crippen molar-refractivity contribution in [3.8, 4) is 23.1 Å². The minimum atomic E-state index is -0.406. The number of pyridine rings is 1. The third-order valence-corrected chi connectivity index (χ3v) is 3.29. The van der Waals surface area contributed by atoms with Gasteiger partial charge in [-0.1, -0.05) is 6.92 Å². The Morgan fingerprint density at radius 1 is 1.23 bits per heavy atom. The fraction of sp³-hybridized carbons (Fsp3) is 0.176. The Bertz CT molecular complexity index is 847. The van der Waals surface area contributed by atoms with Crippen molar-refractivity contribution in [1.29, 1.82) is 5.26 Å². The van der Waals surface area contributed by atoms with Crippen LogP contribution in [-0.4, -0.2) is 16.0 Å². The quantitative estimate of drug-likeness (QED) is 0.735. The molecule has 0 aliphatic heterocycles. The van der Waals surface area contributed by atoms with Crippen molar-refractivity contribution in [2.45, 2.75) is 13.3 Å². The summed E-state index contributed by atoms with van der Waals surface area (Å²) < 4.78 is 20.4. The van der Waals surface area contributed by atoms with Gasteiger partial charge in [-0.3, -0.25) is 4.40 Å². The lowest BCUT2D eigenvalue weighted by Gasteiger charge is -2.05. The van der Waals surface area contributed by atoms with Gasteiger partial charge in [0.25, 0.3) is 0 Å². The van der Waals surface area contributed by atoms with Crippen LogP contribution < -0.4 is 4.74 Å². The van der Waals surface area contributed by atoms with Gasteiger partial charge in [-0.15, -0.1) is 0 Å². The van der Waals surface area contributed by atoms with Crippen molar-refractivity contribution in [2.75, 3.05) is 6.61 Å². The van der Waals surface area contributed by atoms with Gasteiger partial charge >= 0.3 is 0 Å². The van der Waals surface area contributed by atoms with Gasteiger partial charge in [0.05, 0.1) is 6.61 Å². The summed E-state index contributed by atoms with van der Waals surface area (Å²) in [5.41, 5.74) is 2.19. The SMILES string of the molecule is CCCOc1ccc(-c2nc3ccc(F)cn3c2C#N)cc1. The number of hydrogen-bond acceptors (Lipinski definition) is 3. The van der Waals surface area contributed by atoms with Crippen LogP contribution in [-0.2, 0) is 0 Å². The number of nitrogens with zero attached hydrogens (tertiary/aromatic N) is 3. The molecule has 0 aliphatic rings. The van der Waals surface area contributed by atoms with E-state index in [0.717, 1.165) is 17.7 Å². The van der Waals surface area contributed by atoms with Gasteiger partial charge in [0.15, 0.2) is 5.69 Å². The molecule has 0 bridgehead atoms. The average molecular weight is 295 g/mol. The van der Waals surface area contributed by atoms with E-state index in [9.17, 15) is 9.65 Å². The summed E-state index contributed by atoms with van der Waals surface area (Å²) in [6, 6.07) is 12.4. The lowest BCUT2D eigenvalue weighted by molar-refractivity contribution is 0.317. The molecule has 110 valence electrons. The van der Waals surface area contributed by atoms with E-state index in [4.69, 9.17) is 4.74 Å². The molecule has 0 saturated carbocycles. The number of ether oxygens (including phenoxy) is 1. The molecular formula is C17H14FN3O. The molecule has 0 unspecified atom stereocenters. The van der Waals surface area contributed by atoms with E-state index in [-0.39, 0.29) is 0 Å². The Morgan fingerprint density at radius 3 is 2.68 bits per heavy atom. The highest BCUT2D eigenvalue weighted by molar-refractivity contribution is 5.70. The van der Waals surface area contributed by atoms with Gasteiger partial charge in [-0.2, -0.15) is 5.26 Å². The number of halogens is 1. The highest BCUT2D eigenvalue weighted by atomic mass is 19.1. The molecule has 0 fully saturated rings. The monoisotopic (exact) mass is 295 g/mol. The van der Waals surface area contributed by atoms with E-state index >= 15 is 0 Å². The second kappa shape index (κ2) is 5.86. The largest absolute Gasteiger partial charge is 0.494 e. The first-order valence-electron chi connectivity index (χ1n) is 7.04. The molecule has 0 atom stereocenters. The van der Waals surface area contributed by atoms with Crippen LogP contribution in [0, 0.1) is 17.1 Å². The van der Waals surface area contributed by atoms with E-state index in [1.165, 1.54) is 16.7 Å². The van der Waals surface area contributed by atoms with Gasteiger partial charge < -0.3 is 4.74 Å². The van der Waals surface area contributed by atoms with E-state index in [1.807, 2.05) is 31.2 Å². The molecule has 3 rings (SSSR count). The third-order valence-electron chi connectivity index (χ3n) is 3.29. The normalized spacial score (nSPS) is 10.6. The van der Waals surface area contributed by atoms with Crippen molar-refractivity contribution in [3.05, 3.63) is 54.1 Å². The average Bonchev–Trinajstić information content (AvgIpc) is 2.91. The van der Waals surface area contributed by atoms with Gasteiger partial charge in [-0.05, 0) is 42.8 Å². The molecule has 4 nitrogen and oxygen atoms in total. The molecule has 5 heteroatoms. The molecule has 22 heavy (non-hydrogen) atoms.